The van der Waals surface area contributed by atoms with E-state index in [0.29, 0.717) is 40.8 Å². The summed E-state index contributed by atoms with van der Waals surface area (Å²) in [6, 6.07) is 9.51. The van der Waals surface area contributed by atoms with E-state index in [-0.39, 0.29) is 29.8 Å². The molecule has 0 aliphatic carbocycles. The molecule has 0 radical (unpaired) electrons. The Labute approximate surface area is 189 Å². The molecule has 2 aliphatic rings. The molecule has 0 bridgehead atoms. The Morgan fingerprint density at radius 1 is 1.09 bits per heavy atom. The summed E-state index contributed by atoms with van der Waals surface area (Å²) in [5.41, 5.74) is 1.03. The average Bonchev–Trinajstić information content (AvgIpc) is 3.36. The number of carbonyl (C=O) groups excluding carboxylic acids is 1. The van der Waals surface area contributed by atoms with Gasteiger partial charge in [0.2, 0.25) is 16.8 Å². The second-order valence-corrected chi connectivity index (χ2v) is 10.7. The van der Waals surface area contributed by atoms with Crippen molar-refractivity contribution in [3.8, 4) is 11.5 Å². The van der Waals surface area contributed by atoms with Crippen molar-refractivity contribution >= 4 is 42.6 Å². The van der Waals surface area contributed by atoms with E-state index in [4.69, 9.17) is 14.2 Å². The molecule has 3 heterocycles. The van der Waals surface area contributed by atoms with Gasteiger partial charge >= 0.3 is 0 Å². The van der Waals surface area contributed by atoms with Gasteiger partial charge in [0.05, 0.1) is 27.3 Å². The molecule has 0 spiro atoms. The Hall–Kier alpha value is -2.73. The number of nitrogens with zero attached hydrogens (tertiary/aromatic N) is 2. The van der Waals surface area contributed by atoms with Crippen molar-refractivity contribution in [3.05, 3.63) is 42.0 Å². The number of hydrogen-bond donors (Lipinski definition) is 1. The topological polar surface area (TPSA) is 107 Å². The number of aromatic nitrogens is 1. The molecule has 3 aromatic rings. The molecule has 1 aromatic heterocycles. The Balaban J connectivity index is 1.31. The molecule has 0 unspecified atom stereocenters. The molecule has 2 atom stereocenters. The van der Waals surface area contributed by atoms with Crippen molar-refractivity contribution < 1.29 is 27.4 Å². The third-order valence-corrected chi connectivity index (χ3v) is 8.02. The molecule has 1 saturated heterocycles. The zero-order chi connectivity index (χ0) is 22.5. The largest absolute Gasteiger partial charge is 0.454 e. The van der Waals surface area contributed by atoms with Crippen LogP contribution < -0.4 is 14.8 Å². The number of sulfonamides is 1. The Morgan fingerprint density at radius 2 is 1.75 bits per heavy atom. The van der Waals surface area contributed by atoms with E-state index in [1.165, 1.54) is 39.9 Å². The third-order valence-electron chi connectivity index (χ3n) is 5.24. The fraction of sp³-hybridized carbons (Fsp3) is 0.333. The van der Waals surface area contributed by atoms with Crippen molar-refractivity contribution in [3.63, 3.8) is 0 Å². The van der Waals surface area contributed by atoms with E-state index >= 15 is 0 Å². The highest BCUT2D eigenvalue weighted by Gasteiger charge is 2.32. The van der Waals surface area contributed by atoms with E-state index in [9.17, 15) is 13.2 Å². The van der Waals surface area contributed by atoms with Crippen LogP contribution in [0.25, 0.3) is 10.2 Å². The fourth-order valence-corrected chi connectivity index (χ4v) is 6.26. The van der Waals surface area contributed by atoms with Gasteiger partial charge in [-0.15, -0.1) is 0 Å². The first-order chi connectivity index (χ1) is 15.3. The minimum Gasteiger partial charge on any atom is -0.454 e. The number of ether oxygens (including phenoxy) is 3. The molecule has 9 nitrogen and oxygen atoms in total. The molecular formula is C21H21N3O6S2. The molecule has 1 fully saturated rings. The maximum absolute atomic E-state index is 13.0. The summed E-state index contributed by atoms with van der Waals surface area (Å²) in [4.78, 5) is 17.2. The van der Waals surface area contributed by atoms with Crippen LogP contribution in [0.15, 0.2) is 41.3 Å². The van der Waals surface area contributed by atoms with Crippen LogP contribution in [0.3, 0.4) is 0 Å². The summed E-state index contributed by atoms with van der Waals surface area (Å²) >= 11 is 1.32. The van der Waals surface area contributed by atoms with Gasteiger partial charge in [0.1, 0.15) is 0 Å². The van der Waals surface area contributed by atoms with Gasteiger partial charge < -0.3 is 14.2 Å². The standard InChI is InChI=1S/C21H21N3O6S2/c1-12-9-24(10-13(2)30-12)32(26,27)15-5-3-14(4-6-15)20(25)23-21-22-16-7-17-18(29-11-28-17)8-19(16)31-21/h3-8,12-13H,9-11H2,1-2H3,(H,22,23,25)/t12-,13+. The van der Waals surface area contributed by atoms with Crippen molar-refractivity contribution in [2.75, 3.05) is 25.2 Å². The van der Waals surface area contributed by atoms with E-state index in [1.807, 2.05) is 19.9 Å². The van der Waals surface area contributed by atoms with Crippen LogP contribution in [0.4, 0.5) is 5.13 Å². The van der Waals surface area contributed by atoms with Gasteiger partial charge in [-0.05, 0) is 38.1 Å². The van der Waals surface area contributed by atoms with Crippen LogP contribution in [0.2, 0.25) is 0 Å². The fourth-order valence-electron chi connectivity index (χ4n) is 3.80. The molecule has 1 amide bonds. The normalized spacial score (nSPS) is 21.1. The smallest absolute Gasteiger partial charge is 0.257 e. The average molecular weight is 476 g/mol. The zero-order valence-electron chi connectivity index (χ0n) is 17.4. The molecule has 32 heavy (non-hydrogen) atoms. The molecular weight excluding hydrogens is 454 g/mol. The summed E-state index contributed by atoms with van der Waals surface area (Å²) in [7, 11) is -3.66. The highest BCUT2D eigenvalue weighted by molar-refractivity contribution is 7.89. The molecule has 11 heteroatoms. The third kappa shape index (κ3) is 3.92. The lowest BCUT2D eigenvalue weighted by Gasteiger charge is -2.34. The second-order valence-electron chi connectivity index (χ2n) is 7.75. The summed E-state index contributed by atoms with van der Waals surface area (Å²) in [5.74, 6) is 0.906. The number of thiazole rings is 1. The van der Waals surface area contributed by atoms with Gasteiger partial charge in [-0.25, -0.2) is 13.4 Å². The molecule has 2 aliphatic heterocycles. The molecule has 0 saturated carbocycles. The minimum atomic E-state index is -3.66. The van der Waals surface area contributed by atoms with Gasteiger partial charge in [-0.3, -0.25) is 10.1 Å². The van der Waals surface area contributed by atoms with Gasteiger partial charge in [-0.1, -0.05) is 11.3 Å². The van der Waals surface area contributed by atoms with Crippen LogP contribution >= 0.6 is 11.3 Å². The summed E-state index contributed by atoms with van der Waals surface area (Å²) < 4.78 is 44.6. The first-order valence-electron chi connectivity index (χ1n) is 10.1. The molecule has 168 valence electrons. The van der Waals surface area contributed by atoms with Crippen molar-refractivity contribution in [2.45, 2.75) is 31.0 Å². The Bertz CT molecular complexity index is 1240. The maximum Gasteiger partial charge on any atom is 0.257 e. The maximum atomic E-state index is 13.0. The van der Waals surface area contributed by atoms with Crippen LogP contribution in [0.5, 0.6) is 11.5 Å². The molecule has 2 aromatic carbocycles. The minimum absolute atomic E-state index is 0.143. The summed E-state index contributed by atoms with van der Waals surface area (Å²) in [5, 5.41) is 3.20. The lowest BCUT2D eigenvalue weighted by molar-refractivity contribution is -0.0440. The quantitative estimate of drug-likeness (QED) is 0.618. The summed E-state index contributed by atoms with van der Waals surface area (Å²) in [6.07, 6.45) is -0.349. The number of morpholine rings is 1. The van der Waals surface area contributed by atoms with E-state index in [0.717, 1.165) is 4.70 Å². The van der Waals surface area contributed by atoms with Crippen molar-refractivity contribution in [1.29, 1.82) is 0 Å². The van der Waals surface area contributed by atoms with Crippen molar-refractivity contribution in [2.24, 2.45) is 0 Å². The monoisotopic (exact) mass is 475 g/mol. The Morgan fingerprint density at radius 3 is 2.44 bits per heavy atom. The van der Waals surface area contributed by atoms with Crippen LogP contribution in [-0.4, -0.2) is 55.7 Å². The lowest BCUT2D eigenvalue weighted by Crippen LogP contribution is -2.48. The van der Waals surface area contributed by atoms with Crippen LogP contribution in [0, 0.1) is 0 Å². The number of amides is 1. The van der Waals surface area contributed by atoms with Gasteiger partial charge in [0.25, 0.3) is 5.91 Å². The van der Waals surface area contributed by atoms with E-state index < -0.39 is 10.0 Å². The first-order valence-corrected chi connectivity index (χ1v) is 12.3. The van der Waals surface area contributed by atoms with Gasteiger partial charge in [0.15, 0.2) is 16.6 Å². The number of fused-ring (bicyclic) bond motifs is 2. The highest BCUT2D eigenvalue weighted by Crippen LogP contribution is 2.39. The Kier molecular flexibility index (Phi) is 5.28. The lowest BCUT2D eigenvalue weighted by atomic mass is 10.2. The molecule has 5 rings (SSSR count). The highest BCUT2D eigenvalue weighted by atomic mass is 32.2. The van der Waals surface area contributed by atoms with Gasteiger partial charge in [0, 0.05) is 30.8 Å². The number of hydrogen-bond acceptors (Lipinski definition) is 8. The number of carbonyl (C=O) groups is 1. The zero-order valence-corrected chi connectivity index (χ0v) is 19.0. The van der Waals surface area contributed by atoms with E-state index in [1.54, 1.807) is 6.07 Å². The number of nitrogens with one attached hydrogen (secondary N) is 1. The first kappa shape index (κ1) is 21.1. The van der Waals surface area contributed by atoms with Crippen LogP contribution in [0.1, 0.15) is 24.2 Å². The summed E-state index contributed by atoms with van der Waals surface area (Å²) in [6.45, 7) is 4.48. The number of rotatable bonds is 4. The molecule has 1 N–H and O–H groups in total. The SMILES string of the molecule is C[C@@H]1CN(S(=O)(=O)c2ccc(C(=O)Nc3nc4cc5c(cc4s3)OCO5)cc2)C[C@H](C)O1. The van der Waals surface area contributed by atoms with E-state index in [2.05, 4.69) is 10.3 Å². The predicted octanol–water partition coefficient (Wildman–Crippen LogP) is 3.08. The van der Waals surface area contributed by atoms with Gasteiger partial charge in [-0.2, -0.15) is 4.31 Å². The second kappa shape index (κ2) is 8.00. The van der Waals surface area contributed by atoms with Crippen molar-refractivity contribution in [1.82, 2.24) is 9.29 Å². The number of anilines is 1. The van der Waals surface area contributed by atoms with Crippen LogP contribution in [-0.2, 0) is 14.8 Å². The number of benzene rings is 2. The predicted molar refractivity (Wildman–Crippen MR) is 119 cm³/mol.